The van der Waals surface area contributed by atoms with Crippen LogP contribution < -0.4 is 10.1 Å². The molecular weight excluding hydrogens is 350 g/mol. The summed E-state index contributed by atoms with van der Waals surface area (Å²) in [6, 6.07) is 1.63. The van der Waals surface area contributed by atoms with Crippen molar-refractivity contribution in [3.63, 3.8) is 0 Å². The molecular formula is C19H31N3O5. The highest BCUT2D eigenvalue weighted by Gasteiger charge is 2.31. The number of carbonyl (C=O) groups excluding carboxylic acids is 1. The number of alkyl carbamates (subject to hydrolysis) is 1. The van der Waals surface area contributed by atoms with Crippen molar-refractivity contribution in [3.05, 3.63) is 27.4 Å². The number of aromatic nitrogens is 1. The lowest BCUT2D eigenvalue weighted by molar-refractivity contribution is -0.386. The minimum Gasteiger partial charge on any atom is -0.472 e. The fourth-order valence-corrected chi connectivity index (χ4v) is 2.57. The van der Waals surface area contributed by atoms with Gasteiger partial charge in [-0.3, -0.25) is 10.1 Å². The molecule has 1 heterocycles. The predicted octanol–water partition coefficient (Wildman–Crippen LogP) is 4.39. The number of ether oxygens (including phenoxy) is 2. The number of pyridine rings is 1. The number of nitro groups is 1. The van der Waals surface area contributed by atoms with Crippen LogP contribution in [0.4, 0.5) is 10.5 Å². The quantitative estimate of drug-likeness (QED) is 0.555. The van der Waals surface area contributed by atoms with E-state index in [-0.39, 0.29) is 34.4 Å². The van der Waals surface area contributed by atoms with Crippen molar-refractivity contribution in [2.24, 2.45) is 5.41 Å². The number of hydrogen-bond acceptors (Lipinski definition) is 6. The summed E-state index contributed by atoms with van der Waals surface area (Å²) in [6.07, 6.45) is -0.944. The van der Waals surface area contributed by atoms with Gasteiger partial charge in [0.15, 0.2) is 0 Å². The summed E-state index contributed by atoms with van der Waals surface area (Å²) < 4.78 is 10.7. The summed E-state index contributed by atoms with van der Waals surface area (Å²) in [5, 5.41) is 14.3. The number of carbonyl (C=O) groups is 1. The van der Waals surface area contributed by atoms with Gasteiger partial charge in [-0.15, -0.1) is 0 Å². The van der Waals surface area contributed by atoms with Crippen LogP contribution in [0.2, 0.25) is 0 Å². The van der Waals surface area contributed by atoms with E-state index in [2.05, 4.69) is 15.0 Å². The first kappa shape index (κ1) is 22.7. The molecule has 0 aliphatic rings. The third-order valence-electron chi connectivity index (χ3n) is 4.22. The van der Waals surface area contributed by atoms with Gasteiger partial charge in [-0.05, 0) is 5.92 Å². The molecule has 0 aliphatic carbocycles. The van der Waals surface area contributed by atoms with Gasteiger partial charge in [0.2, 0.25) is 5.88 Å². The van der Waals surface area contributed by atoms with Crippen LogP contribution in [0.25, 0.3) is 0 Å². The van der Waals surface area contributed by atoms with Crippen molar-refractivity contribution in [2.45, 2.75) is 66.4 Å². The smallest absolute Gasteiger partial charge is 0.406 e. The number of rotatable bonds is 7. The Labute approximate surface area is 160 Å². The van der Waals surface area contributed by atoms with Crippen LogP contribution in [-0.4, -0.2) is 35.8 Å². The number of hydrogen-bond donors (Lipinski definition) is 1. The zero-order valence-electron chi connectivity index (χ0n) is 17.5. The Balaban J connectivity index is 3.34. The van der Waals surface area contributed by atoms with Crippen molar-refractivity contribution in [1.82, 2.24) is 10.3 Å². The maximum atomic E-state index is 11.6. The minimum atomic E-state index is -0.546. The predicted molar refractivity (Wildman–Crippen MR) is 103 cm³/mol. The maximum Gasteiger partial charge on any atom is 0.406 e. The minimum absolute atomic E-state index is 0.0485. The Morgan fingerprint density at radius 3 is 2.26 bits per heavy atom. The summed E-state index contributed by atoms with van der Waals surface area (Å²) in [5.41, 5.74) is 0.727. The average Bonchev–Trinajstić information content (AvgIpc) is 2.55. The average molecular weight is 381 g/mol. The normalized spacial score (nSPS) is 12.8. The molecule has 1 aromatic heterocycles. The standard InChI is InChI=1S/C19H31N3O5/c1-11(2)13-9-15(21-16(12(3)4)17(13)22(24)25)27-14(19(5,6)7)10-20-18(23)26-8/h9,11-12,14H,10H2,1-8H3,(H,20,23). The summed E-state index contributed by atoms with van der Waals surface area (Å²) in [7, 11) is 1.30. The first-order chi connectivity index (χ1) is 12.4. The molecule has 1 aromatic rings. The second-order valence-electron chi connectivity index (χ2n) is 8.20. The van der Waals surface area contributed by atoms with E-state index < -0.39 is 12.2 Å². The van der Waals surface area contributed by atoms with E-state index >= 15 is 0 Å². The summed E-state index contributed by atoms with van der Waals surface area (Å²) in [4.78, 5) is 27.1. The molecule has 1 rings (SSSR count). The van der Waals surface area contributed by atoms with E-state index in [0.29, 0.717) is 17.1 Å². The number of nitrogens with zero attached hydrogens (tertiary/aromatic N) is 2. The molecule has 1 N–H and O–H groups in total. The van der Waals surface area contributed by atoms with Gasteiger partial charge in [-0.1, -0.05) is 48.5 Å². The fourth-order valence-electron chi connectivity index (χ4n) is 2.57. The van der Waals surface area contributed by atoms with Crippen molar-refractivity contribution in [2.75, 3.05) is 13.7 Å². The topological polar surface area (TPSA) is 104 Å². The van der Waals surface area contributed by atoms with Gasteiger partial charge in [0.05, 0.1) is 18.6 Å². The Kier molecular flexibility index (Phi) is 7.56. The molecule has 0 aliphatic heterocycles. The second-order valence-corrected chi connectivity index (χ2v) is 8.20. The molecule has 8 heteroatoms. The van der Waals surface area contributed by atoms with Crippen LogP contribution in [0.1, 0.15) is 71.6 Å². The molecule has 8 nitrogen and oxygen atoms in total. The molecule has 1 unspecified atom stereocenters. The van der Waals surface area contributed by atoms with Gasteiger partial charge in [0, 0.05) is 23.0 Å². The Morgan fingerprint density at radius 2 is 1.85 bits per heavy atom. The molecule has 1 atom stereocenters. The van der Waals surface area contributed by atoms with Gasteiger partial charge < -0.3 is 14.8 Å². The highest BCUT2D eigenvalue weighted by Crippen LogP contribution is 2.36. The van der Waals surface area contributed by atoms with E-state index in [1.165, 1.54) is 7.11 Å². The van der Waals surface area contributed by atoms with Crippen LogP contribution in [0.3, 0.4) is 0 Å². The van der Waals surface area contributed by atoms with Gasteiger partial charge >= 0.3 is 6.09 Å². The number of nitrogens with one attached hydrogen (secondary N) is 1. The highest BCUT2D eigenvalue weighted by atomic mass is 16.6. The van der Waals surface area contributed by atoms with Gasteiger partial charge in [-0.2, -0.15) is 0 Å². The maximum absolute atomic E-state index is 11.6. The summed E-state index contributed by atoms with van der Waals surface area (Å²) >= 11 is 0. The summed E-state index contributed by atoms with van der Waals surface area (Å²) in [5.74, 6) is 0.127. The monoisotopic (exact) mass is 381 g/mol. The van der Waals surface area contributed by atoms with Crippen molar-refractivity contribution in [1.29, 1.82) is 0 Å². The molecule has 27 heavy (non-hydrogen) atoms. The molecule has 1 amide bonds. The van der Waals surface area contributed by atoms with Gasteiger partial charge in [-0.25, -0.2) is 9.78 Å². The molecule has 0 saturated heterocycles. The molecule has 152 valence electrons. The van der Waals surface area contributed by atoms with E-state index in [1.54, 1.807) is 6.07 Å². The Hall–Kier alpha value is -2.38. The Bertz CT molecular complexity index is 651. The molecule has 0 aromatic carbocycles. The first-order valence-electron chi connectivity index (χ1n) is 9.06. The molecule has 0 spiro atoms. The van der Waals surface area contributed by atoms with Crippen LogP contribution in [-0.2, 0) is 4.74 Å². The van der Waals surface area contributed by atoms with Crippen LogP contribution in [0, 0.1) is 15.5 Å². The highest BCUT2D eigenvalue weighted by molar-refractivity contribution is 5.66. The first-order valence-corrected chi connectivity index (χ1v) is 9.06. The van der Waals surface area contributed by atoms with Gasteiger partial charge in [0.25, 0.3) is 5.69 Å². The second kappa shape index (κ2) is 9.01. The zero-order chi connectivity index (χ0) is 20.9. The van der Waals surface area contributed by atoms with E-state index in [1.807, 2.05) is 48.5 Å². The largest absolute Gasteiger partial charge is 0.472 e. The summed E-state index contributed by atoms with van der Waals surface area (Å²) in [6.45, 7) is 13.7. The molecule has 0 saturated carbocycles. The molecule has 0 bridgehead atoms. The lowest BCUT2D eigenvalue weighted by atomic mass is 9.89. The van der Waals surface area contributed by atoms with Crippen LogP contribution >= 0.6 is 0 Å². The third-order valence-corrected chi connectivity index (χ3v) is 4.22. The SMILES string of the molecule is COC(=O)NCC(Oc1cc(C(C)C)c([N+](=O)[O-])c(C(C)C)n1)C(C)(C)C. The van der Waals surface area contributed by atoms with E-state index in [9.17, 15) is 14.9 Å². The molecule has 0 radical (unpaired) electrons. The van der Waals surface area contributed by atoms with Crippen LogP contribution in [0.15, 0.2) is 6.07 Å². The van der Waals surface area contributed by atoms with Crippen molar-refractivity contribution in [3.8, 4) is 5.88 Å². The van der Waals surface area contributed by atoms with Gasteiger partial charge in [0.1, 0.15) is 11.8 Å². The lowest BCUT2D eigenvalue weighted by Crippen LogP contribution is -2.43. The van der Waals surface area contributed by atoms with E-state index in [0.717, 1.165) is 0 Å². The third kappa shape index (κ3) is 6.08. The molecule has 0 fully saturated rings. The Morgan fingerprint density at radius 1 is 1.26 bits per heavy atom. The fraction of sp³-hybridized carbons (Fsp3) is 0.684. The van der Waals surface area contributed by atoms with Crippen LogP contribution in [0.5, 0.6) is 5.88 Å². The lowest BCUT2D eigenvalue weighted by Gasteiger charge is -2.31. The zero-order valence-corrected chi connectivity index (χ0v) is 17.5. The van der Waals surface area contributed by atoms with Crippen molar-refractivity contribution >= 4 is 11.8 Å². The van der Waals surface area contributed by atoms with E-state index in [4.69, 9.17) is 4.74 Å². The number of methoxy groups -OCH3 is 1. The number of amides is 1. The van der Waals surface area contributed by atoms with Crippen molar-refractivity contribution < 1.29 is 19.2 Å².